The quantitative estimate of drug-likeness (QED) is 0.426. The SMILES string of the molecule is CC[C@H](C)NC(=O)[C@H]1[C@@H](c2cccc(NC(=O)c3ccc(C)cc3)c2)OC(=O)N1Cc1ccc(C)cc1. The van der Waals surface area contributed by atoms with E-state index < -0.39 is 18.2 Å². The van der Waals surface area contributed by atoms with Crippen molar-refractivity contribution in [2.75, 3.05) is 5.32 Å². The molecule has 1 saturated heterocycles. The third kappa shape index (κ3) is 6.17. The molecule has 3 aromatic carbocycles. The van der Waals surface area contributed by atoms with E-state index in [4.69, 9.17) is 4.74 Å². The van der Waals surface area contributed by atoms with Crippen LogP contribution in [0.25, 0.3) is 0 Å². The highest BCUT2D eigenvalue weighted by Crippen LogP contribution is 2.35. The van der Waals surface area contributed by atoms with Gasteiger partial charge in [0, 0.05) is 17.3 Å². The normalized spacial score (nSPS) is 17.7. The summed E-state index contributed by atoms with van der Waals surface area (Å²) in [5.41, 5.74) is 4.81. The number of nitrogens with one attached hydrogen (secondary N) is 2. The van der Waals surface area contributed by atoms with E-state index in [1.54, 1.807) is 36.4 Å². The zero-order valence-corrected chi connectivity index (χ0v) is 21.7. The number of hydrogen-bond donors (Lipinski definition) is 2. The van der Waals surface area contributed by atoms with Crippen LogP contribution in [0.3, 0.4) is 0 Å². The number of benzene rings is 3. The van der Waals surface area contributed by atoms with Crippen LogP contribution in [0.1, 0.15) is 59.0 Å². The molecular formula is C30H33N3O4. The van der Waals surface area contributed by atoms with Gasteiger partial charge in [-0.2, -0.15) is 0 Å². The first kappa shape index (κ1) is 25.9. The van der Waals surface area contributed by atoms with Crippen LogP contribution in [-0.4, -0.2) is 34.9 Å². The molecule has 0 bridgehead atoms. The highest BCUT2D eigenvalue weighted by molar-refractivity contribution is 6.04. The molecule has 4 rings (SSSR count). The van der Waals surface area contributed by atoms with Gasteiger partial charge in [0.15, 0.2) is 12.1 Å². The summed E-state index contributed by atoms with van der Waals surface area (Å²) in [6.45, 7) is 8.12. The topological polar surface area (TPSA) is 87.7 Å². The van der Waals surface area contributed by atoms with Gasteiger partial charge in [0.05, 0.1) is 6.54 Å². The molecular weight excluding hydrogens is 466 g/mol. The van der Waals surface area contributed by atoms with Gasteiger partial charge in [-0.05, 0) is 62.6 Å². The van der Waals surface area contributed by atoms with Crippen molar-refractivity contribution in [2.24, 2.45) is 0 Å². The Kier molecular flexibility index (Phi) is 7.92. The smallest absolute Gasteiger partial charge is 0.411 e. The molecule has 3 aromatic rings. The number of rotatable bonds is 8. The Morgan fingerprint density at radius 2 is 1.62 bits per heavy atom. The Hall–Kier alpha value is -4.13. The Balaban J connectivity index is 1.60. The van der Waals surface area contributed by atoms with Gasteiger partial charge in [0.1, 0.15) is 0 Å². The number of ether oxygens (including phenoxy) is 1. The summed E-state index contributed by atoms with van der Waals surface area (Å²) < 4.78 is 5.78. The molecule has 7 heteroatoms. The molecule has 0 unspecified atom stereocenters. The van der Waals surface area contributed by atoms with E-state index in [0.29, 0.717) is 16.8 Å². The largest absolute Gasteiger partial charge is 0.438 e. The fourth-order valence-electron chi connectivity index (χ4n) is 4.23. The van der Waals surface area contributed by atoms with Crippen molar-refractivity contribution < 1.29 is 19.1 Å². The minimum atomic E-state index is -0.856. The van der Waals surface area contributed by atoms with Crippen LogP contribution in [0.2, 0.25) is 0 Å². The molecule has 1 aliphatic rings. The van der Waals surface area contributed by atoms with Crippen molar-refractivity contribution in [2.45, 2.75) is 58.8 Å². The van der Waals surface area contributed by atoms with Crippen molar-refractivity contribution >= 4 is 23.6 Å². The Bertz CT molecular complexity index is 1270. The summed E-state index contributed by atoms with van der Waals surface area (Å²) in [6.07, 6.45) is -0.613. The lowest BCUT2D eigenvalue weighted by atomic mass is 9.99. The van der Waals surface area contributed by atoms with Gasteiger partial charge in [0.2, 0.25) is 5.91 Å². The maximum atomic E-state index is 13.4. The standard InChI is InChI=1S/C30H33N3O4/c1-5-21(4)31-29(35)26-27(37-30(36)33(26)18-22-13-9-19(2)10-14-22)24-7-6-8-25(17-24)32-28(34)23-15-11-20(3)12-16-23/h6-17,21,26-27H,5,18H2,1-4H3,(H,31,35)(H,32,34)/t21-,26+,27+/m0/s1. The molecule has 192 valence electrons. The summed E-state index contributed by atoms with van der Waals surface area (Å²) in [5.74, 6) is -0.515. The van der Waals surface area contributed by atoms with Gasteiger partial charge in [0.25, 0.3) is 5.91 Å². The fourth-order valence-corrected chi connectivity index (χ4v) is 4.23. The molecule has 1 aliphatic heterocycles. The molecule has 1 fully saturated rings. The highest BCUT2D eigenvalue weighted by atomic mass is 16.6. The average molecular weight is 500 g/mol. The first-order valence-electron chi connectivity index (χ1n) is 12.6. The molecule has 2 N–H and O–H groups in total. The van der Waals surface area contributed by atoms with Crippen LogP contribution >= 0.6 is 0 Å². The number of anilines is 1. The number of amides is 3. The minimum absolute atomic E-state index is 0.0507. The fraction of sp³-hybridized carbons (Fsp3) is 0.300. The maximum Gasteiger partial charge on any atom is 0.411 e. The lowest BCUT2D eigenvalue weighted by molar-refractivity contribution is -0.127. The Labute approximate surface area is 217 Å². The molecule has 0 aliphatic carbocycles. The lowest BCUT2D eigenvalue weighted by Crippen LogP contribution is -2.48. The molecule has 37 heavy (non-hydrogen) atoms. The number of carbonyl (C=O) groups is 3. The van der Waals surface area contributed by atoms with Crippen molar-refractivity contribution in [1.29, 1.82) is 0 Å². The summed E-state index contributed by atoms with van der Waals surface area (Å²) >= 11 is 0. The molecule has 0 spiro atoms. The third-order valence-corrected chi connectivity index (χ3v) is 6.61. The number of hydrogen-bond acceptors (Lipinski definition) is 4. The van der Waals surface area contributed by atoms with E-state index in [9.17, 15) is 14.4 Å². The van der Waals surface area contributed by atoms with Gasteiger partial charge < -0.3 is 15.4 Å². The zero-order chi connectivity index (χ0) is 26.5. The van der Waals surface area contributed by atoms with Crippen molar-refractivity contribution in [3.8, 4) is 0 Å². The lowest BCUT2D eigenvalue weighted by Gasteiger charge is -2.26. The minimum Gasteiger partial charge on any atom is -0.438 e. The molecule has 1 heterocycles. The van der Waals surface area contributed by atoms with E-state index in [2.05, 4.69) is 10.6 Å². The first-order chi connectivity index (χ1) is 17.7. The summed E-state index contributed by atoms with van der Waals surface area (Å²) in [7, 11) is 0. The van der Waals surface area contributed by atoms with E-state index >= 15 is 0 Å². The summed E-state index contributed by atoms with van der Waals surface area (Å²) in [4.78, 5) is 40.7. The van der Waals surface area contributed by atoms with Crippen LogP contribution in [0.5, 0.6) is 0 Å². The van der Waals surface area contributed by atoms with E-state index in [1.165, 1.54) is 4.90 Å². The molecule has 0 radical (unpaired) electrons. The van der Waals surface area contributed by atoms with Crippen molar-refractivity contribution in [3.05, 3.63) is 101 Å². The maximum absolute atomic E-state index is 13.4. The predicted octanol–water partition coefficient (Wildman–Crippen LogP) is 5.53. The first-order valence-corrected chi connectivity index (χ1v) is 12.6. The number of aryl methyl sites for hydroxylation is 2. The average Bonchev–Trinajstić information content (AvgIpc) is 3.21. The Morgan fingerprint density at radius 1 is 0.973 bits per heavy atom. The molecule has 0 saturated carbocycles. The van der Waals surface area contributed by atoms with Gasteiger partial charge in [-0.15, -0.1) is 0 Å². The van der Waals surface area contributed by atoms with E-state index in [-0.39, 0.29) is 24.4 Å². The molecule has 3 atom stereocenters. The number of carbonyl (C=O) groups excluding carboxylic acids is 3. The van der Waals surface area contributed by atoms with Gasteiger partial charge in [-0.3, -0.25) is 14.5 Å². The second kappa shape index (κ2) is 11.3. The molecule has 3 amide bonds. The van der Waals surface area contributed by atoms with Crippen LogP contribution in [0.15, 0.2) is 72.8 Å². The highest BCUT2D eigenvalue weighted by Gasteiger charge is 2.47. The summed E-state index contributed by atoms with van der Waals surface area (Å²) in [6, 6.07) is 21.3. The van der Waals surface area contributed by atoms with Crippen molar-refractivity contribution in [1.82, 2.24) is 10.2 Å². The van der Waals surface area contributed by atoms with Crippen molar-refractivity contribution in [3.63, 3.8) is 0 Å². The summed E-state index contributed by atoms with van der Waals surface area (Å²) in [5, 5.41) is 5.91. The van der Waals surface area contributed by atoms with Crippen LogP contribution in [-0.2, 0) is 16.1 Å². The van der Waals surface area contributed by atoms with Crippen LogP contribution in [0, 0.1) is 13.8 Å². The monoisotopic (exact) mass is 499 g/mol. The predicted molar refractivity (Wildman–Crippen MR) is 143 cm³/mol. The second-order valence-corrected chi connectivity index (χ2v) is 9.63. The number of nitrogens with zero attached hydrogens (tertiary/aromatic N) is 1. The van der Waals surface area contributed by atoms with Crippen LogP contribution in [0.4, 0.5) is 10.5 Å². The van der Waals surface area contributed by atoms with E-state index in [1.807, 2.05) is 64.1 Å². The third-order valence-electron chi connectivity index (χ3n) is 6.61. The second-order valence-electron chi connectivity index (χ2n) is 9.63. The number of cyclic esters (lactones) is 1. The van der Waals surface area contributed by atoms with E-state index in [0.717, 1.165) is 23.1 Å². The molecule has 7 nitrogen and oxygen atoms in total. The molecule has 0 aromatic heterocycles. The van der Waals surface area contributed by atoms with Gasteiger partial charge in [-0.1, -0.05) is 66.6 Å². The zero-order valence-electron chi connectivity index (χ0n) is 21.7. The Morgan fingerprint density at radius 3 is 2.27 bits per heavy atom. The van der Waals surface area contributed by atoms with Gasteiger partial charge in [-0.25, -0.2) is 4.79 Å². The van der Waals surface area contributed by atoms with Crippen LogP contribution < -0.4 is 10.6 Å². The van der Waals surface area contributed by atoms with Gasteiger partial charge >= 0.3 is 6.09 Å².